The van der Waals surface area contributed by atoms with Crippen molar-refractivity contribution in [2.75, 3.05) is 18.6 Å². The van der Waals surface area contributed by atoms with Crippen LogP contribution >= 0.6 is 0 Å². The zero-order valence-electron chi connectivity index (χ0n) is 26.4. The van der Waals surface area contributed by atoms with E-state index in [0.717, 1.165) is 16.8 Å². The Morgan fingerprint density at radius 3 is 2.37 bits per heavy atom. The molecule has 1 fully saturated rings. The molecule has 0 radical (unpaired) electrons. The van der Waals surface area contributed by atoms with Crippen LogP contribution in [0.25, 0.3) is 16.5 Å². The Morgan fingerprint density at radius 2 is 1.65 bits per heavy atom. The number of fused-ring (bicyclic) bond motifs is 3. The first-order valence-electron chi connectivity index (χ1n) is 15.7. The fourth-order valence-corrected chi connectivity index (χ4v) is 11.9. The zero-order chi connectivity index (χ0) is 32.2. The predicted octanol–water partition coefficient (Wildman–Crippen LogP) is 5.67. The summed E-state index contributed by atoms with van der Waals surface area (Å²) in [6, 6.07) is 30.8. The number of methoxy groups -OCH3 is 1. The normalized spacial score (nSPS) is 22.5. The number of hydrogen-bond donors (Lipinski definition) is 1. The summed E-state index contributed by atoms with van der Waals surface area (Å²) in [7, 11) is -0.682. The molecule has 1 amide bonds. The lowest BCUT2D eigenvalue weighted by Gasteiger charge is -2.37. The molecule has 5 aromatic rings. The molecule has 1 saturated heterocycles. The van der Waals surface area contributed by atoms with Gasteiger partial charge in [-0.3, -0.25) is 14.5 Å². The number of aliphatic hydroxyl groups excluding tert-OH is 1. The van der Waals surface area contributed by atoms with E-state index >= 15 is 0 Å². The van der Waals surface area contributed by atoms with Crippen LogP contribution in [-0.2, 0) is 15.1 Å². The number of ether oxygens (including phenoxy) is 2. The number of anilines is 2. The van der Waals surface area contributed by atoms with Crippen molar-refractivity contribution in [1.82, 2.24) is 9.78 Å². The number of benzene rings is 4. The van der Waals surface area contributed by atoms with E-state index in [-0.39, 0.29) is 35.6 Å². The van der Waals surface area contributed by atoms with Crippen LogP contribution in [-0.4, -0.2) is 48.7 Å². The van der Waals surface area contributed by atoms with Crippen LogP contribution in [0.15, 0.2) is 108 Å². The van der Waals surface area contributed by atoms with E-state index in [1.807, 2.05) is 78.9 Å². The first-order valence-corrected chi connectivity index (χ1v) is 18.7. The van der Waals surface area contributed by atoms with Crippen LogP contribution in [0.4, 0.5) is 11.4 Å². The van der Waals surface area contributed by atoms with Gasteiger partial charge in [0.25, 0.3) is 11.5 Å². The average molecular weight is 632 g/mol. The molecule has 4 atom stereocenters. The summed E-state index contributed by atoms with van der Waals surface area (Å²) in [6.07, 6.45) is 1.73. The number of hydrogen-bond acceptors (Lipinski definition) is 6. The van der Waals surface area contributed by atoms with E-state index in [1.54, 1.807) is 24.3 Å². The summed E-state index contributed by atoms with van der Waals surface area (Å²) in [4.78, 5) is 30.4. The highest BCUT2D eigenvalue weighted by Gasteiger charge is 2.66. The molecule has 1 aromatic heterocycles. The van der Waals surface area contributed by atoms with Gasteiger partial charge in [0.15, 0.2) is 5.60 Å². The van der Waals surface area contributed by atoms with Gasteiger partial charge in [-0.25, -0.2) is 0 Å². The summed E-state index contributed by atoms with van der Waals surface area (Å²) in [6.45, 7) is 6.68. The number of nitrogens with zero attached hydrogens (tertiary/aromatic N) is 3. The Labute approximate surface area is 268 Å². The molecule has 0 aliphatic carbocycles. The second kappa shape index (κ2) is 11.3. The Balaban J connectivity index is 1.42. The molecule has 1 spiro atoms. The molecule has 0 unspecified atom stereocenters. The highest BCUT2D eigenvalue weighted by molar-refractivity contribution is 6.91. The zero-order valence-corrected chi connectivity index (χ0v) is 27.4. The van der Waals surface area contributed by atoms with E-state index in [4.69, 9.17) is 9.47 Å². The predicted molar refractivity (Wildman–Crippen MR) is 182 cm³/mol. The maximum absolute atomic E-state index is 15.0. The van der Waals surface area contributed by atoms with Crippen molar-refractivity contribution in [3.8, 4) is 11.4 Å². The number of amides is 1. The Bertz CT molecular complexity index is 1990. The van der Waals surface area contributed by atoms with Gasteiger partial charge >= 0.3 is 0 Å². The van der Waals surface area contributed by atoms with Gasteiger partial charge in [-0.15, -0.1) is 0 Å². The lowest BCUT2D eigenvalue weighted by molar-refractivity contribution is -0.145. The van der Waals surface area contributed by atoms with Crippen LogP contribution in [0.5, 0.6) is 5.75 Å². The van der Waals surface area contributed by atoms with Crippen molar-refractivity contribution in [2.24, 2.45) is 5.92 Å². The van der Waals surface area contributed by atoms with Gasteiger partial charge in [0.05, 0.1) is 44.2 Å². The van der Waals surface area contributed by atoms with Gasteiger partial charge < -0.3 is 14.6 Å². The second-order valence-electron chi connectivity index (χ2n) is 12.8. The largest absolute Gasteiger partial charge is 0.497 e. The molecule has 7 rings (SSSR count). The van der Waals surface area contributed by atoms with Gasteiger partial charge in [-0.1, -0.05) is 73.7 Å². The smallest absolute Gasteiger partial charge is 0.279 e. The van der Waals surface area contributed by atoms with Crippen LogP contribution < -0.4 is 20.4 Å². The third kappa shape index (κ3) is 4.45. The van der Waals surface area contributed by atoms with Gasteiger partial charge in [-0.2, -0.15) is 9.78 Å². The van der Waals surface area contributed by atoms with Crippen molar-refractivity contribution in [3.63, 3.8) is 0 Å². The number of aliphatic hydroxyl groups is 1. The van der Waals surface area contributed by atoms with Crippen LogP contribution in [0, 0.1) is 5.92 Å². The van der Waals surface area contributed by atoms with Gasteiger partial charge in [0.1, 0.15) is 5.75 Å². The summed E-state index contributed by atoms with van der Waals surface area (Å²) < 4.78 is 13.9. The number of aromatic nitrogens is 2. The average Bonchev–Trinajstić information content (AvgIpc) is 3.51. The third-order valence-electron chi connectivity index (χ3n) is 10.1. The maximum atomic E-state index is 15.0. The maximum Gasteiger partial charge on any atom is 0.279 e. The van der Waals surface area contributed by atoms with Crippen molar-refractivity contribution in [3.05, 3.63) is 119 Å². The van der Waals surface area contributed by atoms with Crippen LogP contribution in [0.1, 0.15) is 18.9 Å². The fraction of sp³-hybridized carbons (Fsp3) is 0.270. The summed E-state index contributed by atoms with van der Waals surface area (Å²) in [5, 5.41) is 17.3. The van der Waals surface area contributed by atoms with E-state index in [0.29, 0.717) is 28.7 Å². The monoisotopic (exact) mass is 631 g/mol. The molecule has 234 valence electrons. The summed E-state index contributed by atoms with van der Waals surface area (Å²) in [5.41, 5.74) is 1.14. The highest BCUT2D eigenvalue weighted by atomic mass is 28.3. The molecule has 1 N–H and O–H groups in total. The van der Waals surface area contributed by atoms with Crippen LogP contribution in [0.2, 0.25) is 18.6 Å². The Hall–Kier alpha value is -4.57. The molecule has 3 heterocycles. The fourth-order valence-electron chi connectivity index (χ4n) is 7.86. The first kappa shape index (κ1) is 30.1. The third-order valence-corrected chi connectivity index (χ3v) is 14.5. The van der Waals surface area contributed by atoms with Crippen molar-refractivity contribution >= 4 is 41.3 Å². The Kier molecular flexibility index (Phi) is 7.42. The van der Waals surface area contributed by atoms with E-state index < -0.39 is 13.7 Å². The lowest BCUT2D eigenvalue weighted by atomic mass is 9.82. The highest BCUT2D eigenvalue weighted by Crippen LogP contribution is 2.61. The molecule has 0 bridgehead atoms. The van der Waals surface area contributed by atoms with Gasteiger partial charge in [0.2, 0.25) is 0 Å². The van der Waals surface area contributed by atoms with Crippen molar-refractivity contribution in [1.29, 1.82) is 0 Å². The molecular weight excluding hydrogens is 595 g/mol. The number of rotatable bonds is 7. The van der Waals surface area contributed by atoms with Gasteiger partial charge in [0, 0.05) is 29.2 Å². The van der Waals surface area contributed by atoms with Crippen LogP contribution in [0.3, 0.4) is 0 Å². The topological polar surface area (TPSA) is 93.9 Å². The number of para-hydroxylation sites is 1. The minimum Gasteiger partial charge on any atom is -0.497 e. The minimum absolute atomic E-state index is 0.00857. The minimum atomic E-state index is -2.34. The Morgan fingerprint density at radius 1 is 0.935 bits per heavy atom. The van der Waals surface area contributed by atoms with Crippen molar-refractivity contribution in [2.45, 2.75) is 43.7 Å². The second-order valence-corrected chi connectivity index (χ2v) is 17.5. The lowest BCUT2D eigenvalue weighted by Crippen LogP contribution is -2.51. The quantitative estimate of drug-likeness (QED) is 0.233. The standard InChI is InChI=1S/C37H37N3O5Si/c1-24-34(46(3,4)29-17-15-28(44-2)16-18-29)33(20-21-41)45-37(24)31-22-27(40-35(42)30-13-9-8-10-25(30)23-38-40)14-19-32(31)39(36(37)43)26-11-6-5-7-12-26/h5-19,22-24,33-34,41H,20-21H2,1-4H3/t24-,33+,34-,37+/m0/s1. The van der Waals surface area contributed by atoms with E-state index in [2.05, 4.69) is 37.2 Å². The molecule has 2 aliphatic heterocycles. The van der Waals surface area contributed by atoms with Gasteiger partial charge in [-0.05, 0) is 60.5 Å². The molecule has 0 saturated carbocycles. The van der Waals surface area contributed by atoms with Crippen molar-refractivity contribution < 1.29 is 19.4 Å². The molecule has 4 aromatic carbocycles. The molecule has 46 heavy (non-hydrogen) atoms. The SMILES string of the molecule is COc1ccc([Si](C)(C)[C@@H]2[C@@H](CCO)O[C@]3(C(=O)N(c4ccccc4)c4ccc(-n5ncc6ccccc6c5=O)cc43)[C@H]2C)cc1. The first-order chi connectivity index (χ1) is 22.2. The molecule has 9 heteroatoms. The number of carbonyl (C=O) groups excluding carboxylic acids is 1. The summed E-state index contributed by atoms with van der Waals surface area (Å²) >= 11 is 0. The molecular formula is C37H37N3O5Si. The number of carbonyl (C=O) groups is 1. The van der Waals surface area contributed by atoms with E-state index in [9.17, 15) is 14.7 Å². The molecule has 8 nitrogen and oxygen atoms in total. The van der Waals surface area contributed by atoms with E-state index in [1.165, 1.54) is 9.87 Å². The molecule has 2 aliphatic rings. The summed E-state index contributed by atoms with van der Waals surface area (Å²) in [5.74, 6) is 0.377.